The number of hydrogen-bond acceptors (Lipinski definition) is 0. The van der Waals surface area contributed by atoms with Gasteiger partial charge in [-0.3, -0.25) is 0 Å². The zero-order chi connectivity index (χ0) is 20.2. The van der Waals surface area contributed by atoms with E-state index in [4.69, 9.17) is 0 Å². The highest BCUT2D eigenvalue weighted by molar-refractivity contribution is 6.80. The van der Waals surface area contributed by atoms with Crippen molar-refractivity contribution in [2.75, 3.05) is 0 Å². The lowest BCUT2D eigenvalue weighted by molar-refractivity contribution is 0.0978. The zero-order valence-electron chi connectivity index (χ0n) is 20.2. The molecule has 5 aliphatic carbocycles. The molecular weight excluding hydrogens is 364 g/mol. The van der Waals surface area contributed by atoms with Crippen LogP contribution in [0.2, 0.25) is 24.2 Å². The van der Waals surface area contributed by atoms with Gasteiger partial charge in [0.1, 0.15) is 0 Å². The average Bonchev–Trinajstić information content (AvgIpc) is 3.24. The first kappa shape index (κ1) is 21.1. The van der Waals surface area contributed by atoms with Gasteiger partial charge in [-0.05, 0) is 77.7 Å². The SMILES string of the molecule is C[C@H]1CC2CCCCC2C1[Si](C)(C)C1C2CCC[C@H](C3CCCCC3)[C@@H]2C[C@@H]1C. The summed E-state index contributed by atoms with van der Waals surface area (Å²) in [6, 6.07) is 0. The Labute approximate surface area is 183 Å². The molecule has 0 heterocycles. The van der Waals surface area contributed by atoms with Crippen molar-refractivity contribution in [1.82, 2.24) is 0 Å². The Balaban J connectivity index is 1.38. The minimum Gasteiger partial charge on any atom is -0.0689 e. The summed E-state index contributed by atoms with van der Waals surface area (Å²) in [7, 11) is -1.26. The molecule has 0 radical (unpaired) electrons. The zero-order valence-corrected chi connectivity index (χ0v) is 21.2. The lowest BCUT2D eigenvalue weighted by Crippen LogP contribution is -2.47. The van der Waals surface area contributed by atoms with Crippen molar-refractivity contribution in [2.24, 2.45) is 47.3 Å². The molecule has 0 bridgehead atoms. The summed E-state index contributed by atoms with van der Waals surface area (Å²) in [5, 5.41) is 0. The van der Waals surface area contributed by atoms with E-state index in [9.17, 15) is 0 Å². The third-order valence-corrected chi connectivity index (χ3v) is 17.0. The van der Waals surface area contributed by atoms with Crippen molar-refractivity contribution in [3.8, 4) is 0 Å². The van der Waals surface area contributed by atoms with Gasteiger partial charge in [0, 0.05) is 0 Å². The molecule has 166 valence electrons. The average molecular weight is 415 g/mol. The van der Waals surface area contributed by atoms with Crippen molar-refractivity contribution < 1.29 is 0 Å². The van der Waals surface area contributed by atoms with Gasteiger partial charge in [-0.2, -0.15) is 0 Å². The third kappa shape index (κ3) is 3.62. The van der Waals surface area contributed by atoms with Crippen LogP contribution in [0.25, 0.3) is 0 Å². The van der Waals surface area contributed by atoms with Gasteiger partial charge in [0.05, 0.1) is 8.07 Å². The van der Waals surface area contributed by atoms with Gasteiger partial charge < -0.3 is 0 Å². The number of rotatable bonds is 3. The standard InChI is InChI=1S/C28H50Si/c1-19-17-22-13-8-9-14-24(22)27(19)29(3,4)28-20(2)18-26-23(15-10-16-25(26)28)21-11-6-5-7-12-21/h19-28H,5-18H2,1-4H3/t19-,20-,22?,23+,24?,25?,26-,27?,28?/m0/s1. The van der Waals surface area contributed by atoms with Crippen LogP contribution in [0.5, 0.6) is 0 Å². The van der Waals surface area contributed by atoms with Gasteiger partial charge in [0.25, 0.3) is 0 Å². The van der Waals surface area contributed by atoms with Gasteiger partial charge in [0.2, 0.25) is 0 Å². The van der Waals surface area contributed by atoms with Crippen LogP contribution >= 0.6 is 0 Å². The molecule has 0 nitrogen and oxygen atoms in total. The summed E-state index contributed by atoms with van der Waals surface area (Å²) in [6.07, 6.45) is 22.0. The lowest BCUT2D eigenvalue weighted by Gasteiger charge is -2.49. The van der Waals surface area contributed by atoms with Crippen molar-refractivity contribution in [1.29, 1.82) is 0 Å². The van der Waals surface area contributed by atoms with Gasteiger partial charge in [-0.1, -0.05) is 97.6 Å². The second kappa shape index (κ2) is 8.29. The minimum absolute atomic E-state index is 1.03. The number of hydrogen-bond donors (Lipinski definition) is 0. The monoisotopic (exact) mass is 414 g/mol. The molecule has 1 heteroatoms. The van der Waals surface area contributed by atoms with E-state index < -0.39 is 8.07 Å². The van der Waals surface area contributed by atoms with E-state index in [1.54, 1.807) is 77.0 Å². The molecule has 0 aromatic rings. The summed E-state index contributed by atoms with van der Waals surface area (Å²) in [5.74, 6) is 8.79. The van der Waals surface area contributed by atoms with Crippen LogP contribution in [0.1, 0.15) is 104 Å². The molecule has 0 amide bonds. The largest absolute Gasteiger partial charge is 0.0689 e. The second-order valence-electron chi connectivity index (χ2n) is 13.3. The first-order valence-electron chi connectivity index (χ1n) is 14.0. The maximum Gasteiger partial charge on any atom is 0.0546 e. The predicted octanol–water partition coefficient (Wildman–Crippen LogP) is 8.93. The predicted molar refractivity (Wildman–Crippen MR) is 129 cm³/mol. The summed E-state index contributed by atoms with van der Waals surface area (Å²) < 4.78 is 0. The Morgan fingerprint density at radius 1 is 0.483 bits per heavy atom. The Bertz CT molecular complexity index is 561. The molecule has 5 rings (SSSR count). The van der Waals surface area contributed by atoms with Crippen LogP contribution in [0.4, 0.5) is 0 Å². The molecule has 5 saturated carbocycles. The Hall–Kier alpha value is 0.217. The molecule has 5 fully saturated rings. The molecule has 9 atom stereocenters. The van der Waals surface area contributed by atoms with Crippen LogP contribution in [0, 0.1) is 47.3 Å². The Morgan fingerprint density at radius 3 is 1.83 bits per heavy atom. The van der Waals surface area contributed by atoms with Crippen LogP contribution in [0.15, 0.2) is 0 Å². The van der Waals surface area contributed by atoms with Crippen molar-refractivity contribution >= 4 is 8.07 Å². The molecule has 0 aliphatic heterocycles. The molecule has 5 aliphatic rings. The maximum atomic E-state index is 2.90. The summed E-state index contributed by atoms with van der Waals surface area (Å²) in [4.78, 5) is 0. The normalized spacial score (nSPS) is 49.0. The maximum absolute atomic E-state index is 2.90. The first-order chi connectivity index (χ1) is 14.0. The van der Waals surface area contributed by atoms with Crippen LogP contribution in [0.3, 0.4) is 0 Å². The van der Waals surface area contributed by atoms with E-state index in [1.807, 2.05) is 0 Å². The molecule has 5 unspecified atom stereocenters. The molecule has 29 heavy (non-hydrogen) atoms. The van der Waals surface area contributed by atoms with Crippen LogP contribution in [-0.2, 0) is 0 Å². The van der Waals surface area contributed by atoms with E-state index >= 15 is 0 Å². The molecule has 0 saturated heterocycles. The molecule has 0 aromatic carbocycles. The molecule has 0 aromatic heterocycles. The van der Waals surface area contributed by atoms with Crippen molar-refractivity contribution in [2.45, 2.75) is 128 Å². The second-order valence-corrected chi connectivity index (χ2v) is 18.3. The van der Waals surface area contributed by atoms with E-state index in [2.05, 4.69) is 26.9 Å². The smallest absolute Gasteiger partial charge is 0.0546 e. The van der Waals surface area contributed by atoms with Crippen LogP contribution in [-0.4, -0.2) is 8.07 Å². The number of fused-ring (bicyclic) bond motifs is 2. The van der Waals surface area contributed by atoms with E-state index in [-0.39, 0.29) is 0 Å². The minimum atomic E-state index is -1.26. The summed E-state index contributed by atoms with van der Waals surface area (Å²) in [6.45, 7) is 11.2. The highest BCUT2D eigenvalue weighted by atomic mass is 28.3. The summed E-state index contributed by atoms with van der Waals surface area (Å²) >= 11 is 0. The van der Waals surface area contributed by atoms with Gasteiger partial charge in [-0.25, -0.2) is 0 Å². The van der Waals surface area contributed by atoms with Gasteiger partial charge >= 0.3 is 0 Å². The summed E-state index contributed by atoms with van der Waals surface area (Å²) in [5.41, 5.74) is 2.29. The fourth-order valence-corrected chi connectivity index (χ4v) is 17.8. The van der Waals surface area contributed by atoms with Crippen LogP contribution < -0.4 is 0 Å². The highest BCUT2D eigenvalue weighted by Gasteiger charge is 2.58. The lowest BCUT2D eigenvalue weighted by atomic mass is 9.65. The van der Waals surface area contributed by atoms with Gasteiger partial charge in [-0.15, -0.1) is 0 Å². The quantitative estimate of drug-likeness (QED) is 0.404. The Morgan fingerprint density at radius 2 is 1.03 bits per heavy atom. The van der Waals surface area contributed by atoms with E-state index in [0.29, 0.717) is 0 Å². The van der Waals surface area contributed by atoms with E-state index in [0.717, 1.165) is 58.4 Å². The Kier molecular flexibility index (Phi) is 6.03. The fourth-order valence-electron chi connectivity index (χ4n) is 11.1. The first-order valence-corrected chi connectivity index (χ1v) is 17.1. The van der Waals surface area contributed by atoms with Crippen molar-refractivity contribution in [3.63, 3.8) is 0 Å². The fraction of sp³-hybridized carbons (Fsp3) is 1.00. The van der Waals surface area contributed by atoms with E-state index in [1.165, 1.54) is 12.8 Å². The third-order valence-electron chi connectivity index (χ3n) is 11.6. The molecule has 0 N–H and O–H groups in total. The molecular formula is C28H50Si. The van der Waals surface area contributed by atoms with Gasteiger partial charge in [0.15, 0.2) is 0 Å². The topological polar surface area (TPSA) is 0 Å². The highest BCUT2D eigenvalue weighted by Crippen LogP contribution is 2.65. The molecule has 0 spiro atoms. The van der Waals surface area contributed by atoms with Crippen molar-refractivity contribution in [3.05, 3.63) is 0 Å².